The minimum atomic E-state index is -3.54. The molecule has 284 valence electrons. The Balaban J connectivity index is 1.44. The van der Waals surface area contributed by atoms with Crippen LogP contribution < -0.4 is 16.8 Å². The number of sulfone groups is 1. The number of nitrogens with two attached hydrogens (primary N) is 2. The molecule has 53 heavy (non-hydrogen) atoms. The van der Waals surface area contributed by atoms with Gasteiger partial charge in [0.05, 0.1) is 52.1 Å². The first-order chi connectivity index (χ1) is 25.0. The number of benzene rings is 1. The second kappa shape index (κ2) is 14.6. The maximum atomic E-state index is 15.2. The Morgan fingerprint density at radius 1 is 1.06 bits per heavy atom. The molecule has 0 spiro atoms. The van der Waals surface area contributed by atoms with Crippen LogP contribution in [0.4, 0.5) is 0 Å². The van der Waals surface area contributed by atoms with Crippen LogP contribution in [0.15, 0.2) is 36.5 Å². The molecule has 1 saturated carbocycles. The second-order valence-corrected chi connectivity index (χ2v) is 17.5. The molecule has 2 saturated heterocycles. The third-order valence-electron chi connectivity index (χ3n) is 11.1. The molecule has 1 aromatic carbocycles. The number of amides is 4. The van der Waals surface area contributed by atoms with Crippen LogP contribution in [0.5, 0.6) is 0 Å². The number of likely N-dealkylation sites (tertiary alicyclic amines) is 1. The number of nitrogens with zero attached hydrogens (tertiary/aromatic N) is 5. The van der Waals surface area contributed by atoms with Crippen molar-refractivity contribution in [2.45, 2.75) is 101 Å². The first kappa shape index (κ1) is 38.0. The van der Waals surface area contributed by atoms with Crippen molar-refractivity contribution < 1.29 is 37.5 Å². The van der Waals surface area contributed by atoms with Gasteiger partial charge in [-0.3, -0.25) is 29.0 Å². The molecule has 4 heterocycles. The lowest BCUT2D eigenvalue weighted by atomic mass is 9.80. The molecule has 0 unspecified atom stereocenters. The number of carbonyl (C=O) groups is 5. The molecule has 16 nitrogen and oxygen atoms in total. The number of nitrogens with one attached hydrogen (secondary N) is 1. The van der Waals surface area contributed by atoms with Crippen molar-refractivity contribution in [3.63, 3.8) is 0 Å². The lowest BCUT2D eigenvalue weighted by molar-refractivity contribution is -0.145. The van der Waals surface area contributed by atoms with Crippen molar-refractivity contribution in [3.05, 3.63) is 53.5 Å². The molecular weight excluding hydrogens is 705 g/mol. The third-order valence-corrected chi connectivity index (χ3v) is 12.7. The van der Waals surface area contributed by atoms with Crippen LogP contribution in [0.1, 0.15) is 105 Å². The molecule has 3 aromatic rings. The summed E-state index contributed by atoms with van der Waals surface area (Å²) in [6, 6.07) is 6.86. The number of aromatic nitrogens is 4. The zero-order valence-electron chi connectivity index (χ0n) is 29.9. The van der Waals surface area contributed by atoms with Crippen molar-refractivity contribution in [2.75, 3.05) is 18.1 Å². The van der Waals surface area contributed by atoms with Crippen LogP contribution in [-0.4, -0.2) is 97.4 Å². The molecule has 6 rings (SSSR count). The number of aliphatic hydroxyl groups is 1. The Labute approximate surface area is 307 Å². The topological polar surface area (TPSA) is 251 Å². The quantitative estimate of drug-likeness (QED) is 0.203. The zero-order chi connectivity index (χ0) is 38.3. The molecule has 1 aliphatic carbocycles. The molecule has 0 radical (unpaired) electrons. The summed E-state index contributed by atoms with van der Waals surface area (Å²) in [5, 5.41) is 22.4. The molecule has 3 atom stereocenters. The molecule has 0 bridgehead atoms. The predicted molar refractivity (Wildman–Crippen MR) is 192 cm³/mol. The second-order valence-electron chi connectivity index (χ2n) is 15.2. The summed E-state index contributed by atoms with van der Waals surface area (Å²) in [6.07, 6.45) is 5.72. The summed E-state index contributed by atoms with van der Waals surface area (Å²) in [5.41, 5.74) is 9.20. The third kappa shape index (κ3) is 7.81. The average molecular weight is 751 g/mol. The fraction of sp³-hybridized carbons (Fsp3) is 0.556. The van der Waals surface area contributed by atoms with Crippen LogP contribution >= 0.6 is 0 Å². The smallest absolute Gasteiger partial charge is 0.287 e. The van der Waals surface area contributed by atoms with Crippen molar-refractivity contribution in [1.82, 2.24) is 30.2 Å². The highest BCUT2D eigenvalue weighted by Gasteiger charge is 2.51. The van der Waals surface area contributed by atoms with Gasteiger partial charge >= 0.3 is 0 Å². The Hall–Kier alpha value is -4.77. The Morgan fingerprint density at radius 2 is 1.74 bits per heavy atom. The van der Waals surface area contributed by atoms with Crippen LogP contribution in [0.25, 0.3) is 10.9 Å². The highest BCUT2D eigenvalue weighted by molar-refractivity contribution is 7.91. The number of hydrogen-bond donors (Lipinski definition) is 4. The van der Waals surface area contributed by atoms with E-state index in [1.54, 1.807) is 44.2 Å². The van der Waals surface area contributed by atoms with Crippen LogP contribution in [0.3, 0.4) is 0 Å². The van der Waals surface area contributed by atoms with E-state index in [0.717, 1.165) is 32.1 Å². The first-order valence-electron chi connectivity index (χ1n) is 18.0. The molecule has 2 aliphatic heterocycles. The van der Waals surface area contributed by atoms with Gasteiger partial charge in [0.15, 0.2) is 9.84 Å². The Morgan fingerprint density at radius 3 is 2.38 bits per heavy atom. The lowest BCUT2D eigenvalue weighted by Crippen LogP contribution is -2.64. The SMILES string of the molecule is CC(C)(O)c1cnnn1[C@H]1C[C@@H](C(=O)NC2(C(=O)C(N)=O)CCS(=O)(=O)CC2)N(C(=O)[C@H](CC2CCCCC2)c2nc3ccccc3cc2C(N)=O)C1. The monoisotopic (exact) mass is 750 g/mol. The number of fused-ring (bicyclic) bond motifs is 1. The van der Waals surface area contributed by atoms with E-state index in [-0.39, 0.29) is 43.0 Å². The fourth-order valence-corrected chi connectivity index (χ4v) is 9.69. The molecule has 3 fully saturated rings. The number of para-hydroxylation sites is 1. The van der Waals surface area contributed by atoms with E-state index in [2.05, 4.69) is 15.6 Å². The normalized spacial score (nSPS) is 22.3. The van der Waals surface area contributed by atoms with Gasteiger partial charge in [0.1, 0.15) is 17.2 Å². The van der Waals surface area contributed by atoms with Crippen molar-refractivity contribution >= 4 is 50.2 Å². The first-order valence-corrected chi connectivity index (χ1v) is 19.8. The molecule has 3 aliphatic rings. The maximum absolute atomic E-state index is 15.2. The highest BCUT2D eigenvalue weighted by Crippen LogP contribution is 2.39. The van der Waals surface area contributed by atoms with Gasteiger partial charge in [-0.2, -0.15) is 0 Å². The van der Waals surface area contributed by atoms with Gasteiger partial charge in [-0.15, -0.1) is 5.10 Å². The van der Waals surface area contributed by atoms with Crippen molar-refractivity contribution in [1.29, 1.82) is 0 Å². The van der Waals surface area contributed by atoms with Gasteiger partial charge in [-0.05, 0) is 51.2 Å². The number of hydrogen-bond acceptors (Lipinski definition) is 11. The summed E-state index contributed by atoms with van der Waals surface area (Å²) in [6.45, 7) is 3.03. The summed E-state index contributed by atoms with van der Waals surface area (Å²) < 4.78 is 26.2. The number of primary amides is 2. The summed E-state index contributed by atoms with van der Waals surface area (Å²) in [7, 11) is -3.54. The minimum Gasteiger partial charge on any atom is -0.384 e. The molecule has 17 heteroatoms. The molecule has 2 aromatic heterocycles. The zero-order valence-corrected chi connectivity index (χ0v) is 30.7. The number of rotatable bonds is 11. The van der Waals surface area contributed by atoms with Crippen LogP contribution in [0.2, 0.25) is 0 Å². The average Bonchev–Trinajstić information content (AvgIpc) is 3.80. The highest BCUT2D eigenvalue weighted by atomic mass is 32.2. The lowest BCUT2D eigenvalue weighted by Gasteiger charge is -2.37. The number of Topliss-reactive ketones (excluding diaryl/α,β-unsaturated/α-hetero) is 1. The van der Waals surface area contributed by atoms with Gasteiger partial charge in [0.25, 0.3) is 11.8 Å². The van der Waals surface area contributed by atoms with E-state index >= 15 is 4.79 Å². The fourth-order valence-electron chi connectivity index (χ4n) is 8.16. The summed E-state index contributed by atoms with van der Waals surface area (Å²) in [4.78, 5) is 74.3. The molecule has 4 amide bonds. The van der Waals surface area contributed by atoms with E-state index in [1.807, 2.05) is 0 Å². The van der Waals surface area contributed by atoms with Gasteiger partial charge in [0, 0.05) is 18.4 Å². The van der Waals surface area contributed by atoms with Crippen LogP contribution in [-0.2, 0) is 34.6 Å². The maximum Gasteiger partial charge on any atom is 0.287 e. The Bertz CT molecular complexity index is 2040. The van der Waals surface area contributed by atoms with Crippen LogP contribution in [0, 0.1) is 5.92 Å². The standard InChI is InChI=1S/C36H46N8O8S/c1-35(2,50)28-19-39-42-44(28)23-18-27(33(48)41-36(30(45)32(38)47)12-14-53(51,52)15-13-36)43(20-23)34(49)25(16-21-8-4-3-5-9-21)29-24(31(37)46)17-22-10-6-7-11-26(22)40-29/h6-7,10-11,17,19,21,23,25,27,50H,3-5,8-9,12-16,18,20H2,1-2H3,(H2,37,46)(H2,38,47)(H,41,48)/t23-,25+,27-/m0/s1. The molecular formula is C36H46N8O8S. The van der Waals surface area contributed by atoms with E-state index in [1.165, 1.54) is 15.8 Å². The van der Waals surface area contributed by atoms with Crippen molar-refractivity contribution in [3.8, 4) is 0 Å². The summed E-state index contributed by atoms with van der Waals surface area (Å²) >= 11 is 0. The largest absolute Gasteiger partial charge is 0.384 e. The van der Waals surface area contributed by atoms with Crippen molar-refractivity contribution in [2.24, 2.45) is 17.4 Å². The van der Waals surface area contributed by atoms with Gasteiger partial charge in [-0.1, -0.05) is 55.5 Å². The van der Waals surface area contributed by atoms with E-state index in [0.29, 0.717) is 23.0 Å². The van der Waals surface area contributed by atoms with Gasteiger partial charge in [-0.25, -0.2) is 13.1 Å². The molecule has 6 N–H and O–H groups in total. The number of carbonyl (C=O) groups excluding carboxylic acids is 5. The predicted octanol–water partition coefficient (Wildman–Crippen LogP) is 1.17. The van der Waals surface area contributed by atoms with E-state index in [9.17, 15) is 32.7 Å². The van der Waals surface area contributed by atoms with E-state index < -0.39 is 79.9 Å². The number of pyridine rings is 1. The van der Waals surface area contributed by atoms with Gasteiger partial charge in [0.2, 0.25) is 17.6 Å². The minimum absolute atomic E-state index is 0.0346. The van der Waals surface area contributed by atoms with E-state index in [4.69, 9.17) is 16.5 Å². The van der Waals surface area contributed by atoms with Gasteiger partial charge < -0.3 is 26.8 Å². The number of ketones is 1. The summed E-state index contributed by atoms with van der Waals surface area (Å²) in [5.74, 6) is -6.30. The Kier molecular flexibility index (Phi) is 10.4.